The van der Waals surface area contributed by atoms with Crippen molar-refractivity contribution in [3.63, 3.8) is 0 Å². The van der Waals surface area contributed by atoms with Crippen LogP contribution < -0.4 is 0 Å². The van der Waals surface area contributed by atoms with E-state index in [-0.39, 0.29) is 5.33 Å². The van der Waals surface area contributed by atoms with E-state index in [1.807, 2.05) is 0 Å². The fourth-order valence-electron chi connectivity index (χ4n) is 0.729. The molecular formula is C5H10BrNO4. The molecule has 5 nitrogen and oxygen atoms in total. The molecule has 0 saturated heterocycles. The predicted octanol–water partition coefficient (Wildman–Crippen LogP) is -0.232. The Bertz CT molecular complexity index is 140. The summed E-state index contributed by atoms with van der Waals surface area (Å²) >= 11 is 2.89. The maximum absolute atomic E-state index is 10.2. The molecule has 0 aliphatic rings. The van der Waals surface area contributed by atoms with Crippen molar-refractivity contribution in [2.24, 2.45) is 0 Å². The van der Waals surface area contributed by atoms with Crippen LogP contribution in [-0.2, 0) is 0 Å². The second kappa shape index (κ2) is 4.63. The van der Waals surface area contributed by atoms with Crippen LogP contribution in [0.5, 0.6) is 0 Å². The molecule has 6 heteroatoms. The molecule has 0 amide bonds. The molecule has 0 heterocycles. The van der Waals surface area contributed by atoms with E-state index in [1.165, 1.54) is 6.92 Å². The third-order valence-electron chi connectivity index (χ3n) is 1.29. The topological polar surface area (TPSA) is 83.6 Å². The quantitative estimate of drug-likeness (QED) is 0.395. The number of hydrogen-bond donors (Lipinski definition) is 2. The number of hydrogen-bond acceptors (Lipinski definition) is 4. The fraction of sp³-hybridized carbons (Fsp3) is 1.00. The average Bonchev–Trinajstić information content (AvgIpc) is 1.85. The van der Waals surface area contributed by atoms with Gasteiger partial charge in [-0.25, -0.2) is 0 Å². The van der Waals surface area contributed by atoms with E-state index in [0.29, 0.717) is 0 Å². The normalized spacial score (nSPS) is 18.9. The fourth-order valence-corrected chi connectivity index (χ4v) is 1.11. The van der Waals surface area contributed by atoms with Crippen molar-refractivity contribution in [2.45, 2.75) is 25.2 Å². The van der Waals surface area contributed by atoms with Gasteiger partial charge >= 0.3 is 0 Å². The Kier molecular flexibility index (Phi) is 4.55. The molecule has 0 aromatic rings. The second-order valence-corrected chi connectivity index (χ2v) is 2.89. The first-order chi connectivity index (χ1) is 5.00. The van der Waals surface area contributed by atoms with E-state index in [2.05, 4.69) is 15.9 Å². The molecule has 0 bridgehead atoms. The van der Waals surface area contributed by atoms with Crippen molar-refractivity contribution < 1.29 is 15.1 Å². The standard InChI is InChI=1S/C5H10BrNO4/c1-3(8)5(7(10)11)4(9)2-6/h3-5,8-9H,2H2,1H3. The molecule has 66 valence electrons. The van der Waals surface area contributed by atoms with Crippen LogP contribution >= 0.6 is 15.9 Å². The minimum atomic E-state index is -1.31. The van der Waals surface area contributed by atoms with Gasteiger partial charge in [-0.2, -0.15) is 0 Å². The molecule has 0 aliphatic carbocycles. The van der Waals surface area contributed by atoms with E-state index in [9.17, 15) is 10.1 Å². The lowest BCUT2D eigenvalue weighted by atomic mass is 10.1. The van der Waals surface area contributed by atoms with Crippen molar-refractivity contribution in [2.75, 3.05) is 5.33 Å². The third kappa shape index (κ3) is 3.13. The van der Waals surface area contributed by atoms with Crippen LogP contribution in [0, 0.1) is 10.1 Å². The molecule has 0 saturated carbocycles. The SMILES string of the molecule is CC(O)C(C(O)CBr)[N+](=O)[O-]. The third-order valence-corrected chi connectivity index (χ3v) is 1.95. The summed E-state index contributed by atoms with van der Waals surface area (Å²) in [5, 5.41) is 28.2. The minimum Gasteiger partial charge on any atom is -0.386 e. The maximum atomic E-state index is 10.2. The summed E-state index contributed by atoms with van der Waals surface area (Å²) in [5.41, 5.74) is 0. The maximum Gasteiger partial charge on any atom is 0.264 e. The van der Waals surface area contributed by atoms with Gasteiger partial charge in [0.1, 0.15) is 12.2 Å². The van der Waals surface area contributed by atoms with Crippen molar-refractivity contribution in [3.8, 4) is 0 Å². The van der Waals surface area contributed by atoms with Crippen LogP contribution in [0.2, 0.25) is 0 Å². The molecule has 3 atom stereocenters. The summed E-state index contributed by atoms with van der Waals surface area (Å²) in [6, 6.07) is -1.31. The zero-order valence-electron chi connectivity index (χ0n) is 5.98. The summed E-state index contributed by atoms with van der Waals surface area (Å²) in [5.74, 6) is 0. The van der Waals surface area contributed by atoms with Crippen LogP contribution in [0.1, 0.15) is 6.92 Å². The predicted molar refractivity (Wildman–Crippen MR) is 42.3 cm³/mol. The van der Waals surface area contributed by atoms with Crippen LogP contribution in [0.4, 0.5) is 0 Å². The number of aliphatic hydroxyl groups excluding tert-OH is 2. The Balaban J connectivity index is 4.21. The first-order valence-electron chi connectivity index (χ1n) is 3.06. The van der Waals surface area contributed by atoms with E-state index < -0.39 is 23.2 Å². The Morgan fingerprint density at radius 2 is 2.09 bits per heavy atom. The highest BCUT2D eigenvalue weighted by molar-refractivity contribution is 9.09. The lowest BCUT2D eigenvalue weighted by molar-refractivity contribution is -0.544. The number of rotatable bonds is 4. The number of halogens is 1. The van der Waals surface area contributed by atoms with Crippen molar-refractivity contribution in [3.05, 3.63) is 10.1 Å². The molecule has 0 aromatic carbocycles. The molecule has 0 fully saturated rings. The van der Waals surface area contributed by atoms with E-state index in [0.717, 1.165) is 0 Å². The number of nitro groups is 1. The Morgan fingerprint density at radius 1 is 1.64 bits per heavy atom. The van der Waals surface area contributed by atoms with Gasteiger partial charge in [0.15, 0.2) is 0 Å². The van der Waals surface area contributed by atoms with Gasteiger partial charge in [-0.1, -0.05) is 15.9 Å². The van der Waals surface area contributed by atoms with Gasteiger partial charge in [0.25, 0.3) is 6.04 Å². The van der Waals surface area contributed by atoms with Crippen LogP contribution in [0.25, 0.3) is 0 Å². The zero-order valence-corrected chi connectivity index (χ0v) is 7.56. The van der Waals surface area contributed by atoms with Crippen molar-refractivity contribution >= 4 is 15.9 Å². The molecular weight excluding hydrogens is 218 g/mol. The monoisotopic (exact) mass is 227 g/mol. The van der Waals surface area contributed by atoms with E-state index in [1.54, 1.807) is 0 Å². The first-order valence-corrected chi connectivity index (χ1v) is 4.18. The van der Waals surface area contributed by atoms with Crippen LogP contribution in [0.3, 0.4) is 0 Å². The van der Waals surface area contributed by atoms with Gasteiger partial charge in [0.05, 0.1) is 0 Å². The molecule has 11 heavy (non-hydrogen) atoms. The molecule has 0 spiro atoms. The summed E-state index contributed by atoms with van der Waals surface area (Å²) in [6.07, 6.45) is -2.29. The van der Waals surface area contributed by atoms with Gasteiger partial charge in [-0.15, -0.1) is 0 Å². The van der Waals surface area contributed by atoms with E-state index in [4.69, 9.17) is 10.2 Å². The second-order valence-electron chi connectivity index (χ2n) is 2.24. The highest BCUT2D eigenvalue weighted by atomic mass is 79.9. The summed E-state index contributed by atoms with van der Waals surface area (Å²) in [7, 11) is 0. The van der Waals surface area contributed by atoms with Gasteiger partial charge in [-0.05, 0) is 6.92 Å². The molecule has 3 unspecified atom stereocenters. The number of alkyl halides is 1. The summed E-state index contributed by atoms with van der Waals surface area (Å²) in [4.78, 5) is 9.52. The number of nitrogens with zero attached hydrogens (tertiary/aromatic N) is 1. The minimum absolute atomic E-state index is 0.0869. The van der Waals surface area contributed by atoms with Gasteiger partial charge in [0.2, 0.25) is 0 Å². The Hall–Kier alpha value is -0.200. The largest absolute Gasteiger partial charge is 0.386 e. The van der Waals surface area contributed by atoms with Crippen molar-refractivity contribution in [1.82, 2.24) is 0 Å². The van der Waals surface area contributed by atoms with Crippen LogP contribution in [-0.4, -0.2) is 38.7 Å². The lowest BCUT2D eigenvalue weighted by Crippen LogP contribution is -2.43. The molecule has 2 N–H and O–H groups in total. The molecule has 0 radical (unpaired) electrons. The first kappa shape index (κ1) is 10.8. The molecule has 0 rings (SSSR count). The molecule has 0 aromatic heterocycles. The molecule has 0 aliphatic heterocycles. The Labute approximate surface area is 72.3 Å². The summed E-state index contributed by atoms with van der Waals surface area (Å²) < 4.78 is 0. The summed E-state index contributed by atoms with van der Waals surface area (Å²) in [6.45, 7) is 1.28. The smallest absolute Gasteiger partial charge is 0.264 e. The number of aliphatic hydroxyl groups is 2. The Morgan fingerprint density at radius 3 is 2.18 bits per heavy atom. The lowest BCUT2D eigenvalue weighted by Gasteiger charge is -2.15. The van der Waals surface area contributed by atoms with Gasteiger partial charge in [0, 0.05) is 10.3 Å². The highest BCUT2D eigenvalue weighted by Crippen LogP contribution is 2.06. The highest BCUT2D eigenvalue weighted by Gasteiger charge is 2.33. The van der Waals surface area contributed by atoms with Gasteiger partial charge < -0.3 is 10.2 Å². The van der Waals surface area contributed by atoms with E-state index >= 15 is 0 Å². The van der Waals surface area contributed by atoms with Crippen LogP contribution in [0.15, 0.2) is 0 Å². The van der Waals surface area contributed by atoms with Gasteiger partial charge in [-0.3, -0.25) is 10.1 Å². The van der Waals surface area contributed by atoms with Crippen molar-refractivity contribution in [1.29, 1.82) is 0 Å². The zero-order chi connectivity index (χ0) is 9.02. The average molecular weight is 228 g/mol.